The Balaban J connectivity index is 3.43. The third-order valence-electron chi connectivity index (χ3n) is 1.59. The lowest BCUT2D eigenvalue weighted by Gasteiger charge is -2.13. The zero-order chi connectivity index (χ0) is 10.2. The van der Waals surface area contributed by atoms with Crippen molar-refractivity contribution in [3.8, 4) is 0 Å². The van der Waals surface area contributed by atoms with Crippen molar-refractivity contribution in [2.45, 2.75) is 13.1 Å². The van der Waals surface area contributed by atoms with Crippen LogP contribution < -0.4 is 0 Å². The summed E-state index contributed by atoms with van der Waals surface area (Å²) in [4.78, 5) is 0. The van der Waals surface area contributed by atoms with Gasteiger partial charge in [-0.25, -0.2) is 0 Å². The van der Waals surface area contributed by atoms with Crippen molar-refractivity contribution < 1.29 is 13.2 Å². The molecule has 0 N–H and O–H groups in total. The minimum absolute atomic E-state index is 0.213. The molecule has 0 aliphatic carbocycles. The highest BCUT2D eigenvalue weighted by Crippen LogP contribution is 2.37. The van der Waals surface area contributed by atoms with Gasteiger partial charge in [0.2, 0.25) is 0 Å². The third-order valence-corrected chi connectivity index (χ3v) is 4.11. The maximum Gasteiger partial charge on any atom is 0.417 e. The quantitative estimate of drug-likeness (QED) is 0.599. The average Bonchev–Trinajstić information content (AvgIpc) is 1.95. The summed E-state index contributed by atoms with van der Waals surface area (Å²) in [7, 11) is 0. The molecule has 0 spiro atoms. The van der Waals surface area contributed by atoms with Crippen LogP contribution in [0.1, 0.15) is 11.1 Å². The van der Waals surface area contributed by atoms with E-state index in [1.165, 1.54) is 13.0 Å². The molecular weight excluding hydrogens is 360 g/mol. The molecule has 0 aliphatic rings. The predicted octanol–water partition coefficient (Wildman–Crippen LogP) is 4.38. The van der Waals surface area contributed by atoms with Crippen LogP contribution in [0.4, 0.5) is 13.2 Å². The fourth-order valence-corrected chi connectivity index (χ4v) is 2.24. The maximum absolute atomic E-state index is 12.5. The molecular formula is C8H5BrF3I. The number of rotatable bonds is 0. The van der Waals surface area contributed by atoms with E-state index >= 15 is 0 Å². The normalized spacial score (nSPS) is 11.8. The smallest absolute Gasteiger partial charge is 0.166 e. The van der Waals surface area contributed by atoms with Crippen molar-refractivity contribution in [2.24, 2.45) is 0 Å². The van der Waals surface area contributed by atoms with Gasteiger partial charge in [0.15, 0.2) is 0 Å². The Kier molecular flexibility index (Phi) is 3.27. The molecule has 1 aromatic rings. The molecule has 1 rings (SSSR count). The van der Waals surface area contributed by atoms with Gasteiger partial charge < -0.3 is 0 Å². The van der Waals surface area contributed by atoms with Gasteiger partial charge in [-0.1, -0.05) is 6.07 Å². The minimum Gasteiger partial charge on any atom is -0.166 e. The van der Waals surface area contributed by atoms with Gasteiger partial charge in [-0.3, -0.25) is 0 Å². The van der Waals surface area contributed by atoms with Crippen LogP contribution >= 0.6 is 38.5 Å². The second-order valence-electron chi connectivity index (χ2n) is 2.55. The van der Waals surface area contributed by atoms with Crippen LogP contribution in [0, 0.1) is 10.5 Å². The van der Waals surface area contributed by atoms with Gasteiger partial charge in [0.25, 0.3) is 0 Å². The zero-order valence-corrected chi connectivity index (χ0v) is 10.3. The van der Waals surface area contributed by atoms with E-state index < -0.39 is 11.7 Å². The summed E-state index contributed by atoms with van der Waals surface area (Å²) in [6.07, 6.45) is -4.27. The lowest BCUT2D eigenvalue weighted by Crippen LogP contribution is -2.10. The van der Waals surface area contributed by atoms with Crippen molar-refractivity contribution in [1.82, 2.24) is 0 Å². The van der Waals surface area contributed by atoms with Crippen LogP contribution in [0.2, 0.25) is 0 Å². The molecule has 0 unspecified atom stereocenters. The summed E-state index contributed by atoms with van der Waals surface area (Å²) in [6, 6.07) is 3.07. The Bertz CT molecular complexity index is 333. The largest absolute Gasteiger partial charge is 0.417 e. The van der Waals surface area contributed by atoms with E-state index in [0.717, 1.165) is 0 Å². The Labute approximate surface area is 95.8 Å². The number of aryl methyl sites for hydroxylation is 1. The third kappa shape index (κ3) is 2.37. The first-order chi connectivity index (χ1) is 5.84. The summed E-state index contributed by atoms with van der Waals surface area (Å²) in [6.45, 7) is 1.46. The van der Waals surface area contributed by atoms with E-state index in [9.17, 15) is 13.2 Å². The van der Waals surface area contributed by atoms with E-state index in [0.29, 0.717) is 4.47 Å². The van der Waals surface area contributed by atoms with E-state index in [1.807, 2.05) is 0 Å². The second-order valence-corrected chi connectivity index (χ2v) is 4.48. The van der Waals surface area contributed by atoms with E-state index in [2.05, 4.69) is 15.9 Å². The molecule has 0 saturated carbocycles. The molecule has 5 heteroatoms. The summed E-state index contributed by atoms with van der Waals surface area (Å²) in [5.74, 6) is 0. The fourth-order valence-electron chi connectivity index (χ4n) is 0.995. The first kappa shape index (κ1) is 11.3. The molecule has 0 bridgehead atoms. The summed E-state index contributed by atoms with van der Waals surface area (Å²) < 4.78 is 38.1. The number of benzene rings is 1. The minimum atomic E-state index is -4.27. The van der Waals surface area contributed by atoms with Crippen molar-refractivity contribution in [1.29, 1.82) is 0 Å². The van der Waals surface area contributed by atoms with E-state index in [1.54, 1.807) is 28.7 Å². The van der Waals surface area contributed by atoms with E-state index in [-0.39, 0.29) is 9.13 Å². The van der Waals surface area contributed by atoms with E-state index in [4.69, 9.17) is 0 Å². The van der Waals surface area contributed by atoms with Gasteiger partial charge in [0, 0.05) is 8.04 Å². The molecule has 1 aromatic carbocycles. The SMILES string of the molecule is Cc1ccc(Br)c(I)c1C(F)(F)F. The number of hydrogen-bond acceptors (Lipinski definition) is 0. The van der Waals surface area contributed by atoms with Crippen molar-refractivity contribution in [3.63, 3.8) is 0 Å². The Morgan fingerprint density at radius 3 is 2.23 bits per heavy atom. The monoisotopic (exact) mass is 364 g/mol. The Morgan fingerprint density at radius 1 is 1.31 bits per heavy atom. The topological polar surface area (TPSA) is 0 Å². The molecule has 0 fully saturated rings. The van der Waals surface area contributed by atoms with Gasteiger partial charge in [-0.2, -0.15) is 13.2 Å². The molecule has 0 atom stereocenters. The Hall–Kier alpha value is 0.220. The molecule has 0 heterocycles. The van der Waals surface area contributed by atoms with Crippen molar-refractivity contribution in [2.75, 3.05) is 0 Å². The van der Waals surface area contributed by atoms with Gasteiger partial charge >= 0.3 is 6.18 Å². The van der Waals surface area contributed by atoms with Gasteiger partial charge in [0.1, 0.15) is 0 Å². The Morgan fingerprint density at radius 2 is 1.85 bits per heavy atom. The number of halogens is 5. The molecule has 0 saturated heterocycles. The number of hydrogen-bond donors (Lipinski definition) is 0. The van der Waals surface area contributed by atoms with Crippen LogP contribution in [0.3, 0.4) is 0 Å². The second kappa shape index (κ2) is 3.76. The van der Waals surface area contributed by atoms with Crippen LogP contribution in [0.25, 0.3) is 0 Å². The van der Waals surface area contributed by atoms with Crippen LogP contribution in [-0.2, 0) is 6.18 Å². The molecule has 0 nitrogen and oxygen atoms in total. The lowest BCUT2D eigenvalue weighted by atomic mass is 10.1. The summed E-state index contributed by atoms with van der Waals surface area (Å²) >= 11 is 4.75. The van der Waals surface area contributed by atoms with Gasteiger partial charge in [-0.15, -0.1) is 0 Å². The standard InChI is InChI=1S/C8H5BrF3I/c1-4-2-3-5(9)7(13)6(4)8(10,11)12/h2-3H,1H3. The van der Waals surface area contributed by atoms with Crippen LogP contribution in [-0.4, -0.2) is 0 Å². The maximum atomic E-state index is 12.5. The first-order valence-corrected chi connectivity index (χ1v) is 5.23. The zero-order valence-electron chi connectivity index (χ0n) is 6.54. The highest BCUT2D eigenvalue weighted by molar-refractivity contribution is 14.1. The van der Waals surface area contributed by atoms with Crippen LogP contribution in [0.5, 0.6) is 0 Å². The summed E-state index contributed by atoms with van der Waals surface area (Å²) in [5, 5.41) is 0. The van der Waals surface area contributed by atoms with Gasteiger partial charge in [-0.05, 0) is 57.1 Å². The van der Waals surface area contributed by atoms with Gasteiger partial charge in [0.05, 0.1) is 5.56 Å². The lowest BCUT2D eigenvalue weighted by molar-refractivity contribution is -0.138. The predicted molar refractivity (Wildman–Crippen MR) is 56.6 cm³/mol. The van der Waals surface area contributed by atoms with Crippen LogP contribution in [0.15, 0.2) is 16.6 Å². The first-order valence-electron chi connectivity index (χ1n) is 3.36. The van der Waals surface area contributed by atoms with Crippen molar-refractivity contribution in [3.05, 3.63) is 31.3 Å². The van der Waals surface area contributed by atoms with Crippen molar-refractivity contribution >= 4 is 38.5 Å². The highest BCUT2D eigenvalue weighted by atomic mass is 127. The highest BCUT2D eigenvalue weighted by Gasteiger charge is 2.35. The molecule has 0 aliphatic heterocycles. The molecule has 72 valence electrons. The summed E-state index contributed by atoms with van der Waals surface area (Å²) in [5.41, 5.74) is -0.303. The molecule has 0 aromatic heterocycles. The molecule has 13 heavy (non-hydrogen) atoms. The average molecular weight is 365 g/mol. The number of alkyl halides is 3. The molecule has 0 radical (unpaired) electrons. The fraction of sp³-hybridized carbons (Fsp3) is 0.250. The molecule has 0 amide bonds.